The number of hydrogen-bond acceptors (Lipinski definition) is 6. The molecule has 1 aromatic rings. The number of benzene rings is 1. The summed E-state index contributed by atoms with van der Waals surface area (Å²) in [5, 5.41) is 15.0. The van der Waals surface area contributed by atoms with E-state index in [0.717, 1.165) is 23.3 Å². The number of amides is 4. The standard InChI is InChI=1S/C27H39N5O5/c1-7-10-18(3)30-24(34)23(20-12-9-11-19(8-2)17-20)32(16-15-28)25(35)21(13-14-22(29)33)31-26(36)37-27(4,5)6/h8-9,11-12,17-18,21,23H,2,7,10,13-14,16H2,1,3-6H3,(H2,29,33)(H,30,34)(H,31,36). The molecule has 1 rings (SSSR count). The number of nitriles is 1. The predicted octanol–water partition coefficient (Wildman–Crippen LogP) is 3.19. The fourth-order valence-electron chi connectivity index (χ4n) is 3.72. The molecule has 10 heteroatoms. The number of rotatable bonds is 13. The van der Waals surface area contributed by atoms with E-state index in [1.165, 1.54) is 0 Å². The minimum Gasteiger partial charge on any atom is -0.444 e. The maximum atomic E-state index is 13.8. The third-order valence-electron chi connectivity index (χ3n) is 5.33. The number of hydrogen-bond donors (Lipinski definition) is 3. The van der Waals surface area contributed by atoms with Crippen molar-refractivity contribution in [2.24, 2.45) is 5.73 Å². The van der Waals surface area contributed by atoms with Crippen LogP contribution >= 0.6 is 0 Å². The van der Waals surface area contributed by atoms with Crippen molar-refractivity contribution < 1.29 is 23.9 Å². The molecule has 0 aliphatic heterocycles. The number of carbonyl (C=O) groups excluding carboxylic acids is 4. The topological polar surface area (TPSA) is 155 Å². The van der Waals surface area contributed by atoms with Gasteiger partial charge in [0, 0.05) is 12.5 Å². The number of nitrogens with one attached hydrogen (secondary N) is 2. The Morgan fingerprint density at radius 2 is 1.89 bits per heavy atom. The van der Waals surface area contributed by atoms with Gasteiger partial charge in [0.1, 0.15) is 24.2 Å². The highest BCUT2D eigenvalue weighted by Crippen LogP contribution is 2.25. The first-order valence-electron chi connectivity index (χ1n) is 12.3. The van der Waals surface area contributed by atoms with Crippen LogP contribution in [-0.4, -0.2) is 52.9 Å². The molecule has 4 amide bonds. The van der Waals surface area contributed by atoms with Gasteiger partial charge in [-0.1, -0.05) is 44.2 Å². The SMILES string of the molecule is C=Cc1cccc(C(C(=O)NC(C)CCC)N(CC#N)C(=O)C(CCC(N)=O)NC(=O)OC(C)(C)C)c1. The molecule has 202 valence electrons. The van der Waals surface area contributed by atoms with E-state index in [4.69, 9.17) is 10.5 Å². The lowest BCUT2D eigenvalue weighted by molar-refractivity contribution is -0.142. The van der Waals surface area contributed by atoms with Crippen molar-refractivity contribution in [1.82, 2.24) is 15.5 Å². The first kappa shape index (κ1) is 31.2. The Morgan fingerprint density at radius 1 is 1.22 bits per heavy atom. The Morgan fingerprint density at radius 3 is 2.43 bits per heavy atom. The molecule has 0 aromatic heterocycles. The van der Waals surface area contributed by atoms with Gasteiger partial charge in [0.15, 0.2) is 0 Å². The van der Waals surface area contributed by atoms with Crippen LogP contribution in [0.3, 0.4) is 0 Å². The molecule has 0 radical (unpaired) electrons. The average Bonchev–Trinajstić information content (AvgIpc) is 2.80. The van der Waals surface area contributed by atoms with Gasteiger partial charge in [-0.2, -0.15) is 5.26 Å². The second kappa shape index (κ2) is 14.6. The summed E-state index contributed by atoms with van der Waals surface area (Å²) in [4.78, 5) is 52.4. The lowest BCUT2D eigenvalue weighted by Crippen LogP contribution is -2.54. The van der Waals surface area contributed by atoms with Crippen molar-refractivity contribution in [2.45, 2.75) is 84.0 Å². The number of nitrogens with two attached hydrogens (primary N) is 1. The normalized spacial score (nSPS) is 13.3. The maximum Gasteiger partial charge on any atom is 0.408 e. The van der Waals surface area contributed by atoms with Crippen molar-refractivity contribution in [3.8, 4) is 6.07 Å². The number of primary amides is 1. The van der Waals surface area contributed by atoms with E-state index in [2.05, 4.69) is 17.2 Å². The highest BCUT2D eigenvalue weighted by atomic mass is 16.6. The molecule has 0 spiro atoms. The van der Waals surface area contributed by atoms with Crippen molar-refractivity contribution in [3.05, 3.63) is 42.0 Å². The molecule has 37 heavy (non-hydrogen) atoms. The second-order valence-corrected chi connectivity index (χ2v) is 9.80. The largest absolute Gasteiger partial charge is 0.444 e. The first-order chi connectivity index (χ1) is 17.3. The highest BCUT2D eigenvalue weighted by Gasteiger charge is 2.36. The lowest BCUT2D eigenvalue weighted by atomic mass is 9.99. The van der Waals surface area contributed by atoms with Gasteiger partial charge in [0.25, 0.3) is 0 Å². The van der Waals surface area contributed by atoms with Crippen LogP contribution in [0.1, 0.15) is 77.5 Å². The van der Waals surface area contributed by atoms with E-state index in [1.807, 2.05) is 19.9 Å². The van der Waals surface area contributed by atoms with Crippen LogP contribution in [0.5, 0.6) is 0 Å². The summed E-state index contributed by atoms with van der Waals surface area (Å²) in [6.07, 6.45) is 1.95. The zero-order valence-electron chi connectivity index (χ0n) is 22.4. The smallest absolute Gasteiger partial charge is 0.408 e. The molecular weight excluding hydrogens is 474 g/mol. The molecule has 0 bridgehead atoms. The molecular formula is C27H39N5O5. The molecule has 0 fully saturated rings. The summed E-state index contributed by atoms with van der Waals surface area (Å²) in [6, 6.07) is 6.23. The molecule has 0 saturated heterocycles. The Hall–Kier alpha value is -3.87. The van der Waals surface area contributed by atoms with Gasteiger partial charge < -0.3 is 26.0 Å². The van der Waals surface area contributed by atoms with Gasteiger partial charge >= 0.3 is 6.09 Å². The zero-order valence-corrected chi connectivity index (χ0v) is 22.4. The quantitative estimate of drug-likeness (QED) is 0.344. The predicted molar refractivity (Wildman–Crippen MR) is 141 cm³/mol. The summed E-state index contributed by atoms with van der Waals surface area (Å²) in [5.41, 5.74) is 5.64. The third-order valence-corrected chi connectivity index (χ3v) is 5.33. The van der Waals surface area contributed by atoms with Gasteiger partial charge in [0.2, 0.25) is 17.7 Å². The van der Waals surface area contributed by atoms with Crippen molar-refractivity contribution in [2.75, 3.05) is 6.54 Å². The molecule has 0 aliphatic carbocycles. The molecule has 3 unspecified atom stereocenters. The average molecular weight is 514 g/mol. The number of carbonyl (C=O) groups is 4. The summed E-state index contributed by atoms with van der Waals surface area (Å²) >= 11 is 0. The van der Waals surface area contributed by atoms with E-state index in [0.29, 0.717) is 5.56 Å². The minimum atomic E-state index is -1.26. The van der Waals surface area contributed by atoms with Gasteiger partial charge in [0.05, 0.1) is 6.07 Å². The van der Waals surface area contributed by atoms with E-state index < -0.39 is 48.0 Å². The van der Waals surface area contributed by atoms with Gasteiger partial charge in [-0.15, -0.1) is 0 Å². The van der Waals surface area contributed by atoms with Gasteiger partial charge in [-0.3, -0.25) is 14.4 Å². The van der Waals surface area contributed by atoms with Crippen molar-refractivity contribution in [1.29, 1.82) is 5.26 Å². The van der Waals surface area contributed by atoms with Crippen LogP contribution in [0.15, 0.2) is 30.8 Å². The van der Waals surface area contributed by atoms with Crippen LogP contribution in [0.2, 0.25) is 0 Å². The minimum absolute atomic E-state index is 0.136. The molecule has 3 atom stereocenters. The van der Waals surface area contributed by atoms with Crippen LogP contribution in [0.25, 0.3) is 6.08 Å². The monoisotopic (exact) mass is 513 g/mol. The van der Waals surface area contributed by atoms with Crippen LogP contribution in [0.4, 0.5) is 4.79 Å². The fraction of sp³-hybridized carbons (Fsp3) is 0.519. The van der Waals surface area contributed by atoms with Crippen LogP contribution in [0, 0.1) is 11.3 Å². The molecule has 0 saturated carbocycles. The van der Waals surface area contributed by atoms with Crippen molar-refractivity contribution in [3.63, 3.8) is 0 Å². The summed E-state index contributed by atoms with van der Waals surface area (Å²) < 4.78 is 5.27. The summed E-state index contributed by atoms with van der Waals surface area (Å²) in [5.74, 6) is -1.87. The Bertz CT molecular complexity index is 1010. The number of alkyl carbamates (subject to hydrolysis) is 1. The Kier molecular flexibility index (Phi) is 12.3. The Labute approximate surface area is 219 Å². The molecule has 0 heterocycles. The molecule has 0 aliphatic rings. The van der Waals surface area contributed by atoms with Gasteiger partial charge in [-0.05, 0) is 57.7 Å². The fourth-order valence-corrected chi connectivity index (χ4v) is 3.72. The summed E-state index contributed by atoms with van der Waals surface area (Å²) in [6.45, 7) is 12.2. The third kappa shape index (κ3) is 10.7. The van der Waals surface area contributed by atoms with E-state index >= 15 is 0 Å². The number of ether oxygens (including phenoxy) is 1. The lowest BCUT2D eigenvalue weighted by Gasteiger charge is -2.33. The zero-order chi connectivity index (χ0) is 28.2. The van der Waals surface area contributed by atoms with Crippen molar-refractivity contribution >= 4 is 29.9 Å². The maximum absolute atomic E-state index is 13.8. The second-order valence-electron chi connectivity index (χ2n) is 9.80. The molecule has 1 aromatic carbocycles. The molecule has 10 nitrogen and oxygen atoms in total. The summed E-state index contributed by atoms with van der Waals surface area (Å²) in [7, 11) is 0. The first-order valence-corrected chi connectivity index (χ1v) is 12.3. The van der Waals surface area contributed by atoms with E-state index in [9.17, 15) is 24.4 Å². The van der Waals surface area contributed by atoms with E-state index in [-0.39, 0.29) is 18.9 Å². The van der Waals surface area contributed by atoms with E-state index in [1.54, 1.807) is 51.1 Å². The highest BCUT2D eigenvalue weighted by molar-refractivity contribution is 5.92. The van der Waals surface area contributed by atoms with Crippen LogP contribution < -0.4 is 16.4 Å². The Balaban J connectivity index is 3.51. The number of nitrogens with zero attached hydrogens (tertiary/aromatic N) is 2. The molecule has 4 N–H and O–H groups in total. The van der Waals surface area contributed by atoms with Gasteiger partial charge in [-0.25, -0.2) is 4.79 Å². The van der Waals surface area contributed by atoms with Crippen LogP contribution in [-0.2, 0) is 19.1 Å².